The number of benzene rings is 1. The van der Waals surface area contributed by atoms with E-state index in [1.165, 1.54) is 17.0 Å². The number of hydrogen-bond acceptors (Lipinski definition) is 8. The Hall–Kier alpha value is -3.66. The van der Waals surface area contributed by atoms with Crippen LogP contribution < -0.4 is 5.32 Å². The number of nitrogens with zero attached hydrogens (tertiary/aromatic N) is 4. The van der Waals surface area contributed by atoms with E-state index in [1.807, 2.05) is 12.1 Å². The Balaban J connectivity index is 2.00. The molecule has 146 valence electrons. The molecular weight excluding hydrogens is 366 g/mol. The van der Waals surface area contributed by atoms with E-state index >= 15 is 0 Å². The van der Waals surface area contributed by atoms with Crippen LogP contribution in [0.4, 0.5) is 11.4 Å². The molecule has 1 N–H and O–H groups in total. The molecule has 1 aromatic carbocycles. The smallest absolute Gasteiger partial charge is 0.338 e. The first kappa shape index (κ1) is 20.6. The normalized spacial score (nSPS) is 12.4. The molecule has 0 radical (unpaired) electrons. The minimum absolute atomic E-state index is 0.0403. The van der Waals surface area contributed by atoms with Gasteiger partial charge in [-0.25, -0.2) is 4.79 Å². The van der Waals surface area contributed by atoms with Crippen molar-refractivity contribution in [3.8, 4) is 12.1 Å². The van der Waals surface area contributed by atoms with Gasteiger partial charge >= 0.3 is 5.97 Å². The lowest BCUT2D eigenvalue weighted by Gasteiger charge is -2.20. The molecule has 10 heteroatoms. The zero-order valence-electron chi connectivity index (χ0n) is 15.1. The van der Waals surface area contributed by atoms with Crippen molar-refractivity contribution in [2.45, 2.75) is 31.7 Å². The molecule has 0 atom stereocenters. The van der Waals surface area contributed by atoms with Gasteiger partial charge in [-0.2, -0.15) is 10.5 Å². The Labute approximate surface area is 161 Å². The molecule has 1 amide bonds. The number of carbonyl (C=O) groups is 2. The minimum Gasteiger partial charge on any atom is -0.452 e. The maximum absolute atomic E-state index is 12.2. The van der Waals surface area contributed by atoms with Gasteiger partial charge in [0.25, 0.3) is 11.6 Å². The van der Waals surface area contributed by atoms with Gasteiger partial charge < -0.3 is 15.0 Å². The Kier molecular flexibility index (Phi) is 7.28. The molecule has 0 unspecified atom stereocenters. The van der Waals surface area contributed by atoms with Crippen LogP contribution in [-0.4, -0.2) is 47.4 Å². The monoisotopic (exact) mass is 385 g/mol. The lowest BCUT2D eigenvalue weighted by Crippen LogP contribution is -2.36. The van der Waals surface area contributed by atoms with Crippen LogP contribution >= 0.6 is 0 Å². The van der Waals surface area contributed by atoms with E-state index in [-0.39, 0.29) is 43.2 Å². The summed E-state index contributed by atoms with van der Waals surface area (Å²) in [5, 5.41) is 31.6. The number of nitriles is 2. The summed E-state index contributed by atoms with van der Waals surface area (Å²) in [7, 11) is 0. The number of carbonyl (C=O) groups excluding carboxylic acids is 2. The van der Waals surface area contributed by atoms with Gasteiger partial charge in [-0.3, -0.25) is 14.9 Å². The highest BCUT2D eigenvalue weighted by Crippen LogP contribution is 2.31. The largest absolute Gasteiger partial charge is 0.452 e. The van der Waals surface area contributed by atoms with Crippen molar-refractivity contribution in [1.29, 1.82) is 10.5 Å². The minimum atomic E-state index is -0.866. The summed E-state index contributed by atoms with van der Waals surface area (Å²) >= 11 is 0. The van der Waals surface area contributed by atoms with Crippen LogP contribution in [0.2, 0.25) is 0 Å². The van der Waals surface area contributed by atoms with E-state index in [1.54, 1.807) is 0 Å². The Morgan fingerprint density at radius 2 is 1.89 bits per heavy atom. The number of nitrogens with one attached hydrogen (secondary N) is 1. The van der Waals surface area contributed by atoms with Crippen LogP contribution in [0.15, 0.2) is 18.2 Å². The second-order valence-corrected chi connectivity index (χ2v) is 6.18. The standard InChI is InChI=1S/C18H19N5O5/c19-7-1-9-22(10-2-8-20)17(24)12-28-18(25)13-3-6-15(21-14-4-5-14)16(11-13)23(26)27/h3,6,11,14,21H,1-2,4-5,9-10,12H2. The summed E-state index contributed by atoms with van der Waals surface area (Å²) in [5.41, 5.74) is 0.0538. The molecule has 1 aromatic rings. The fourth-order valence-electron chi connectivity index (χ4n) is 2.41. The van der Waals surface area contributed by atoms with Gasteiger partial charge in [0.2, 0.25) is 0 Å². The number of ether oxygens (including phenoxy) is 1. The van der Waals surface area contributed by atoms with E-state index in [9.17, 15) is 19.7 Å². The number of amides is 1. The number of anilines is 1. The molecule has 1 aliphatic carbocycles. The Bertz CT molecular complexity index is 820. The average molecular weight is 385 g/mol. The van der Waals surface area contributed by atoms with Crippen molar-refractivity contribution < 1.29 is 19.2 Å². The summed E-state index contributed by atoms with van der Waals surface area (Å²) in [5.74, 6) is -1.41. The van der Waals surface area contributed by atoms with Gasteiger partial charge in [0.15, 0.2) is 6.61 Å². The summed E-state index contributed by atoms with van der Waals surface area (Å²) in [6.07, 6.45) is 2.06. The Morgan fingerprint density at radius 1 is 1.25 bits per heavy atom. The van der Waals surface area contributed by atoms with E-state index < -0.39 is 23.4 Å². The Morgan fingerprint density at radius 3 is 2.43 bits per heavy atom. The third kappa shape index (κ3) is 5.95. The zero-order chi connectivity index (χ0) is 20.5. The van der Waals surface area contributed by atoms with Crippen LogP contribution in [-0.2, 0) is 9.53 Å². The zero-order valence-corrected chi connectivity index (χ0v) is 15.1. The molecule has 0 aromatic heterocycles. The molecule has 1 fully saturated rings. The highest BCUT2D eigenvalue weighted by molar-refractivity contribution is 5.93. The third-order valence-corrected chi connectivity index (χ3v) is 4.03. The SMILES string of the molecule is N#CCCN(CCC#N)C(=O)COC(=O)c1ccc(NC2CC2)c([N+](=O)[O-])c1. The highest BCUT2D eigenvalue weighted by atomic mass is 16.6. The molecule has 0 spiro atoms. The third-order valence-electron chi connectivity index (χ3n) is 4.03. The maximum Gasteiger partial charge on any atom is 0.338 e. The van der Waals surface area contributed by atoms with Crippen molar-refractivity contribution in [3.63, 3.8) is 0 Å². The number of nitro groups is 1. The van der Waals surface area contributed by atoms with Gasteiger partial charge in [0.05, 0.1) is 35.5 Å². The first-order chi connectivity index (χ1) is 13.5. The van der Waals surface area contributed by atoms with Crippen LogP contribution in [0.5, 0.6) is 0 Å². The van der Waals surface area contributed by atoms with Crippen molar-refractivity contribution >= 4 is 23.3 Å². The van der Waals surface area contributed by atoms with Crippen LogP contribution in [0.3, 0.4) is 0 Å². The van der Waals surface area contributed by atoms with Crippen LogP contribution in [0.1, 0.15) is 36.0 Å². The molecule has 28 heavy (non-hydrogen) atoms. The lowest BCUT2D eigenvalue weighted by molar-refractivity contribution is -0.384. The fourth-order valence-corrected chi connectivity index (χ4v) is 2.41. The summed E-state index contributed by atoms with van der Waals surface area (Å²) in [6.45, 7) is -0.325. The van der Waals surface area contributed by atoms with E-state index in [0.29, 0.717) is 5.69 Å². The highest BCUT2D eigenvalue weighted by Gasteiger charge is 2.26. The molecule has 1 aliphatic rings. The number of esters is 1. The maximum atomic E-state index is 12.2. The van der Waals surface area contributed by atoms with E-state index in [0.717, 1.165) is 18.9 Å². The average Bonchev–Trinajstić information content (AvgIpc) is 3.50. The molecular formula is C18H19N5O5. The molecule has 0 saturated heterocycles. The van der Waals surface area contributed by atoms with Gasteiger partial charge in [-0.15, -0.1) is 0 Å². The van der Waals surface area contributed by atoms with E-state index in [2.05, 4.69) is 5.32 Å². The summed E-state index contributed by atoms with van der Waals surface area (Å²) in [6, 6.07) is 7.98. The second-order valence-electron chi connectivity index (χ2n) is 6.18. The quantitative estimate of drug-likeness (QED) is 0.365. The summed E-state index contributed by atoms with van der Waals surface area (Å²) in [4.78, 5) is 36.3. The molecule has 1 saturated carbocycles. The van der Waals surface area contributed by atoms with Gasteiger partial charge in [0.1, 0.15) is 5.69 Å². The molecule has 0 heterocycles. The number of hydrogen-bond donors (Lipinski definition) is 1. The summed E-state index contributed by atoms with van der Waals surface area (Å²) < 4.78 is 4.96. The van der Waals surface area contributed by atoms with E-state index in [4.69, 9.17) is 15.3 Å². The number of rotatable bonds is 10. The predicted octanol–water partition coefficient (Wildman–Crippen LogP) is 1.98. The number of nitro benzene ring substituents is 1. The topological polar surface area (TPSA) is 149 Å². The van der Waals surface area contributed by atoms with Crippen molar-refractivity contribution in [2.75, 3.05) is 25.0 Å². The van der Waals surface area contributed by atoms with Gasteiger partial charge in [0, 0.05) is 25.2 Å². The van der Waals surface area contributed by atoms with Crippen molar-refractivity contribution in [1.82, 2.24) is 4.90 Å². The first-order valence-electron chi connectivity index (χ1n) is 8.70. The molecule has 10 nitrogen and oxygen atoms in total. The lowest BCUT2D eigenvalue weighted by atomic mass is 10.1. The molecule has 2 rings (SSSR count). The van der Waals surface area contributed by atoms with Crippen molar-refractivity contribution in [2.24, 2.45) is 0 Å². The molecule has 0 bridgehead atoms. The predicted molar refractivity (Wildman–Crippen MR) is 97.1 cm³/mol. The molecule has 0 aliphatic heterocycles. The van der Waals surface area contributed by atoms with Crippen LogP contribution in [0, 0.1) is 32.8 Å². The fraction of sp³-hybridized carbons (Fsp3) is 0.444. The van der Waals surface area contributed by atoms with Crippen molar-refractivity contribution in [3.05, 3.63) is 33.9 Å². The van der Waals surface area contributed by atoms with Gasteiger partial charge in [-0.05, 0) is 25.0 Å². The second kappa shape index (κ2) is 9.88. The van der Waals surface area contributed by atoms with Crippen LogP contribution in [0.25, 0.3) is 0 Å². The first-order valence-corrected chi connectivity index (χ1v) is 8.70. The van der Waals surface area contributed by atoms with Gasteiger partial charge in [-0.1, -0.05) is 0 Å².